The van der Waals surface area contributed by atoms with Crippen LogP contribution in [0.5, 0.6) is 0 Å². The van der Waals surface area contributed by atoms with E-state index in [9.17, 15) is 4.79 Å². The van der Waals surface area contributed by atoms with Crippen molar-refractivity contribution < 1.29 is 14.4 Å². The van der Waals surface area contributed by atoms with Gasteiger partial charge in [0.2, 0.25) is 5.60 Å². The van der Waals surface area contributed by atoms with E-state index in [0.717, 1.165) is 5.56 Å². The van der Waals surface area contributed by atoms with Crippen LogP contribution in [0.3, 0.4) is 0 Å². The first-order valence-electron chi connectivity index (χ1n) is 6.25. The Hall–Kier alpha value is -2.46. The fraction of sp³-hybridized carbons (Fsp3) is 0.125. The van der Waals surface area contributed by atoms with Gasteiger partial charge in [-0.15, -0.1) is 0 Å². The number of hydrogen-bond donors (Lipinski definition) is 0. The minimum Gasteiger partial charge on any atom is -0.356 e. The molecule has 2 aromatic carbocycles. The van der Waals surface area contributed by atoms with Gasteiger partial charge in [-0.3, -0.25) is 0 Å². The minimum atomic E-state index is -1.30. The average Bonchev–Trinajstić information content (AvgIpc) is 2.86. The van der Waals surface area contributed by atoms with E-state index >= 15 is 0 Å². The topological polar surface area (TPSA) is 47.9 Å². The zero-order chi connectivity index (χ0) is 14.0. The van der Waals surface area contributed by atoms with Crippen LogP contribution < -0.4 is 0 Å². The summed E-state index contributed by atoms with van der Waals surface area (Å²) < 4.78 is 5.56. The Morgan fingerprint density at radius 3 is 2.20 bits per heavy atom. The van der Waals surface area contributed by atoms with Crippen LogP contribution in [0.4, 0.5) is 0 Å². The molecule has 100 valence electrons. The molecule has 20 heavy (non-hydrogen) atoms. The molecule has 0 amide bonds. The van der Waals surface area contributed by atoms with Gasteiger partial charge < -0.3 is 9.57 Å². The Morgan fingerprint density at radius 2 is 1.60 bits per heavy atom. The summed E-state index contributed by atoms with van der Waals surface area (Å²) >= 11 is 0. The maximum Gasteiger partial charge on any atom is 0.377 e. The van der Waals surface area contributed by atoms with Gasteiger partial charge >= 0.3 is 5.97 Å². The molecule has 4 heteroatoms. The van der Waals surface area contributed by atoms with Gasteiger partial charge in [0.05, 0.1) is 0 Å². The van der Waals surface area contributed by atoms with Crippen molar-refractivity contribution in [2.75, 3.05) is 7.11 Å². The van der Waals surface area contributed by atoms with E-state index in [0.29, 0.717) is 11.3 Å². The molecule has 1 aliphatic rings. The van der Waals surface area contributed by atoms with Gasteiger partial charge in [-0.05, 0) is 0 Å². The van der Waals surface area contributed by atoms with Crippen molar-refractivity contribution in [1.29, 1.82) is 0 Å². The molecule has 1 unspecified atom stereocenters. The molecule has 0 spiro atoms. The van der Waals surface area contributed by atoms with Crippen molar-refractivity contribution in [2.24, 2.45) is 5.16 Å². The summed E-state index contributed by atoms with van der Waals surface area (Å²) in [5.41, 5.74) is 0.663. The smallest absolute Gasteiger partial charge is 0.356 e. The monoisotopic (exact) mass is 267 g/mol. The Morgan fingerprint density at radius 1 is 1.00 bits per heavy atom. The van der Waals surface area contributed by atoms with Crippen molar-refractivity contribution in [2.45, 2.75) is 5.60 Å². The number of benzene rings is 2. The third kappa shape index (κ3) is 1.73. The highest BCUT2D eigenvalue weighted by molar-refractivity contribution is 6.20. The van der Waals surface area contributed by atoms with E-state index in [-0.39, 0.29) is 0 Å². The van der Waals surface area contributed by atoms with Crippen molar-refractivity contribution in [3.63, 3.8) is 0 Å². The van der Waals surface area contributed by atoms with Crippen molar-refractivity contribution in [3.8, 4) is 0 Å². The molecule has 0 N–H and O–H groups in total. The molecule has 0 aromatic heterocycles. The maximum atomic E-state index is 12.2. The molecular weight excluding hydrogens is 254 g/mol. The third-order valence-electron chi connectivity index (χ3n) is 3.37. The van der Waals surface area contributed by atoms with E-state index in [4.69, 9.17) is 9.57 Å². The predicted molar refractivity (Wildman–Crippen MR) is 74.2 cm³/mol. The second-order valence-corrected chi connectivity index (χ2v) is 4.44. The molecular formula is C16H13NO3. The number of hydrogen-bond acceptors (Lipinski definition) is 4. The van der Waals surface area contributed by atoms with Gasteiger partial charge in [-0.25, -0.2) is 4.79 Å². The first-order chi connectivity index (χ1) is 9.79. The number of nitrogens with zero attached hydrogens (tertiary/aromatic N) is 1. The highest BCUT2D eigenvalue weighted by atomic mass is 16.7. The summed E-state index contributed by atoms with van der Waals surface area (Å²) in [6.07, 6.45) is 0. The highest BCUT2D eigenvalue weighted by Gasteiger charge is 2.52. The molecule has 3 rings (SSSR count). The molecule has 2 aromatic rings. The number of carbonyl (C=O) groups excluding carboxylic acids is 1. The van der Waals surface area contributed by atoms with Crippen molar-refractivity contribution in [3.05, 3.63) is 71.8 Å². The lowest BCUT2D eigenvalue weighted by molar-refractivity contribution is -0.157. The van der Waals surface area contributed by atoms with E-state index < -0.39 is 11.6 Å². The number of ether oxygens (including phenoxy) is 1. The Kier molecular flexibility index (Phi) is 3.08. The van der Waals surface area contributed by atoms with Gasteiger partial charge in [0.1, 0.15) is 5.71 Å². The first-order valence-corrected chi connectivity index (χ1v) is 6.25. The molecule has 0 fully saturated rings. The lowest BCUT2D eigenvalue weighted by Gasteiger charge is -2.25. The lowest BCUT2D eigenvalue weighted by Crippen LogP contribution is -2.42. The maximum absolute atomic E-state index is 12.2. The third-order valence-corrected chi connectivity index (χ3v) is 3.37. The van der Waals surface area contributed by atoms with Crippen molar-refractivity contribution in [1.82, 2.24) is 0 Å². The minimum absolute atomic E-state index is 0.469. The van der Waals surface area contributed by atoms with Gasteiger partial charge in [-0.2, -0.15) is 0 Å². The number of methoxy groups -OCH3 is 1. The van der Waals surface area contributed by atoms with E-state index in [1.165, 1.54) is 7.11 Å². The van der Waals surface area contributed by atoms with E-state index in [1.54, 1.807) is 0 Å². The van der Waals surface area contributed by atoms with Crippen LogP contribution in [-0.2, 0) is 20.0 Å². The van der Waals surface area contributed by atoms with Gasteiger partial charge in [0.15, 0.2) is 0 Å². The summed E-state index contributed by atoms with van der Waals surface area (Å²) in [6.45, 7) is 0. The summed E-state index contributed by atoms with van der Waals surface area (Å²) in [7, 11) is 1.48. The Balaban J connectivity index is 2.18. The number of carbonyl (C=O) groups is 1. The summed E-state index contributed by atoms with van der Waals surface area (Å²) in [4.78, 5) is 17.2. The fourth-order valence-electron chi connectivity index (χ4n) is 2.39. The molecule has 0 saturated heterocycles. The second-order valence-electron chi connectivity index (χ2n) is 4.44. The fourth-order valence-corrected chi connectivity index (χ4v) is 2.39. The SMILES string of the molecule is COC1(c2ccccc2)C(=O)ON=C1c1ccccc1. The second kappa shape index (κ2) is 4.90. The Labute approximate surface area is 116 Å². The number of rotatable bonds is 3. The predicted octanol–water partition coefficient (Wildman–Crippen LogP) is 2.49. The molecule has 0 saturated carbocycles. The van der Waals surface area contributed by atoms with Crippen molar-refractivity contribution >= 4 is 11.7 Å². The zero-order valence-electron chi connectivity index (χ0n) is 10.9. The lowest BCUT2D eigenvalue weighted by atomic mass is 9.85. The molecule has 1 atom stereocenters. The molecule has 1 heterocycles. The van der Waals surface area contributed by atoms with Crippen LogP contribution >= 0.6 is 0 Å². The van der Waals surface area contributed by atoms with Crippen LogP contribution in [0, 0.1) is 0 Å². The summed E-state index contributed by atoms with van der Waals surface area (Å²) in [5.74, 6) is -0.523. The molecule has 0 radical (unpaired) electrons. The van der Waals surface area contributed by atoms with Gasteiger partial charge in [0.25, 0.3) is 0 Å². The van der Waals surface area contributed by atoms with Crippen LogP contribution in [0.25, 0.3) is 0 Å². The summed E-state index contributed by atoms with van der Waals surface area (Å²) in [5, 5.41) is 3.93. The summed E-state index contributed by atoms with van der Waals surface area (Å²) in [6, 6.07) is 18.6. The van der Waals surface area contributed by atoms with Gasteiger partial charge in [0, 0.05) is 18.2 Å². The Bertz CT molecular complexity index is 652. The highest BCUT2D eigenvalue weighted by Crippen LogP contribution is 2.35. The largest absolute Gasteiger partial charge is 0.377 e. The molecule has 4 nitrogen and oxygen atoms in total. The van der Waals surface area contributed by atoms with Crippen LogP contribution in [-0.4, -0.2) is 18.8 Å². The molecule has 0 bridgehead atoms. The van der Waals surface area contributed by atoms with E-state index in [1.807, 2.05) is 60.7 Å². The van der Waals surface area contributed by atoms with Crippen LogP contribution in [0.15, 0.2) is 65.8 Å². The molecule has 0 aliphatic carbocycles. The average molecular weight is 267 g/mol. The first kappa shape index (κ1) is 12.6. The standard InChI is InChI=1S/C16H13NO3/c1-19-16(13-10-6-3-7-11-13)14(17-20-15(16)18)12-8-4-2-5-9-12/h2-11H,1H3. The van der Waals surface area contributed by atoms with E-state index in [2.05, 4.69) is 5.16 Å². The zero-order valence-corrected chi connectivity index (χ0v) is 10.9. The number of oxime groups is 1. The van der Waals surface area contributed by atoms with Crippen LogP contribution in [0.1, 0.15) is 11.1 Å². The quantitative estimate of drug-likeness (QED) is 0.803. The molecule has 1 aliphatic heterocycles. The normalized spacial score (nSPS) is 21.4. The van der Waals surface area contributed by atoms with Crippen LogP contribution in [0.2, 0.25) is 0 Å². The van der Waals surface area contributed by atoms with Gasteiger partial charge in [-0.1, -0.05) is 65.8 Å².